The molecular weight excluding hydrogens is 312 g/mol. The molecule has 4 nitrogen and oxygen atoms in total. The molecule has 1 amide bonds. The summed E-state index contributed by atoms with van der Waals surface area (Å²) in [5, 5.41) is 0.901. The van der Waals surface area contributed by atoms with Crippen LogP contribution in [0.2, 0.25) is 0 Å². The number of rotatable bonds is 3. The smallest absolute Gasteiger partial charge is 0.247 e. The lowest BCUT2D eigenvalue weighted by Gasteiger charge is -2.23. The van der Waals surface area contributed by atoms with Gasteiger partial charge in [-0.25, -0.2) is 0 Å². The van der Waals surface area contributed by atoms with Crippen molar-refractivity contribution in [1.29, 1.82) is 0 Å². The topological polar surface area (TPSA) is 42.3 Å². The number of anilines is 1. The van der Waals surface area contributed by atoms with Crippen LogP contribution in [0.4, 0.5) is 5.69 Å². The van der Waals surface area contributed by atoms with Crippen LogP contribution in [0.5, 0.6) is 0 Å². The molecule has 2 aromatic carbocycles. The summed E-state index contributed by atoms with van der Waals surface area (Å²) in [6.07, 6.45) is 2.69. The third-order valence-electron chi connectivity index (χ3n) is 4.95. The molecule has 1 aliphatic heterocycles. The van der Waals surface area contributed by atoms with Crippen LogP contribution in [0.15, 0.2) is 54.7 Å². The number of ketones is 1. The van der Waals surface area contributed by atoms with Crippen LogP contribution in [0.3, 0.4) is 0 Å². The molecule has 0 unspecified atom stereocenters. The van der Waals surface area contributed by atoms with Gasteiger partial charge in [-0.05, 0) is 38.0 Å². The molecule has 0 spiro atoms. The van der Waals surface area contributed by atoms with Crippen molar-refractivity contribution in [3.8, 4) is 0 Å². The monoisotopic (exact) mass is 332 g/mol. The Hall–Kier alpha value is -2.88. The van der Waals surface area contributed by atoms with E-state index < -0.39 is 0 Å². The van der Waals surface area contributed by atoms with Crippen LogP contribution in [0.1, 0.15) is 29.8 Å². The molecule has 0 saturated heterocycles. The molecule has 0 radical (unpaired) electrons. The molecule has 4 rings (SSSR count). The third-order valence-corrected chi connectivity index (χ3v) is 4.95. The van der Waals surface area contributed by atoms with Gasteiger partial charge >= 0.3 is 0 Å². The molecular formula is C21H20N2O2. The summed E-state index contributed by atoms with van der Waals surface area (Å²) in [6, 6.07) is 16.0. The molecule has 0 saturated carbocycles. The lowest BCUT2D eigenvalue weighted by atomic mass is 10.1. The van der Waals surface area contributed by atoms with Crippen LogP contribution >= 0.6 is 0 Å². The van der Waals surface area contributed by atoms with Gasteiger partial charge in [0.25, 0.3) is 0 Å². The summed E-state index contributed by atoms with van der Waals surface area (Å²) in [4.78, 5) is 26.8. The number of hydrogen-bond donors (Lipinski definition) is 0. The Morgan fingerprint density at radius 3 is 2.60 bits per heavy atom. The number of nitrogens with zero attached hydrogens (tertiary/aromatic N) is 2. The van der Waals surface area contributed by atoms with Crippen LogP contribution in [0.25, 0.3) is 10.9 Å². The van der Waals surface area contributed by atoms with Gasteiger partial charge in [0.15, 0.2) is 5.78 Å². The maximum Gasteiger partial charge on any atom is 0.247 e. The first-order valence-electron chi connectivity index (χ1n) is 8.55. The molecule has 126 valence electrons. The molecule has 0 fully saturated rings. The fraction of sp³-hybridized carbons (Fsp3) is 0.238. The first-order valence-corrected chi connectivity index (χ1v) is 8.55. The lowest BCUT2D eigenvalue weighted by molar-refractivity contribution is -0.119. The van der Waals surface area contributed by atoms with Crippen LogP contribution < -0.4 is 4.90 Å². The zero-order valence-corrected chi connectivity index (χ0v) is 14.4. The minimum atomic E-state index is 0.0160. The van der Waals surface area contributed by atoms with Gasteiger partial charge in [0.05, 0.1) is 0 Å². The molecule has 1 atom stereocenters. The Labute approximate surface area is 146 Å². The lowest BCUT2D eigenvalue weighted by Crippen LogP contribution is -2.37. The minimum absolute atomic E-state index is 0.0160. The molecule has 25 heavy (non-hydrogen) atoms. The molecule has 4 heteroatoms. The van der Waals surface area contributed by atoms with E-state index in [-0.39, 0.29) is 24.3 Å². The average molecular weight is 332 g/mol. The van der Waals surface area contributed by atoms with Gasteiger partial charge in [0, 0.05) is 34.4 Å². The number of para-hydroxylation sites is 2. The first-order chi connectivity index (χ1) is 12.1. The Morgan fingerprint density at radius 1 is 1.08 bits per heavy atom. The summed E-state index contributed by atoms with van der Waals surface area (Å²) in [7, 11) is 0. The second kappa shape index (κ2) is 5.88. The Balaban J connectivity index is 1.70. The van der Waals surface area contributed by atoms with Gasteiger partial charge in [0.2, 0.25) is 5.91 Å². The summed E-state index contributed by atoms with van der Waals surface area (Å²) >= 11 is 0. The van der Waals surface area contributed by atoms with Crippen molar-refractivity contribution in [3.63, 3.8) is 0 Å². The Morgan fingerprint density at radius 2 is 1.80 bits per heavy atom. The summed E-state index contributed by atoms with van der Waals surface area (Å²) < 4.78 is 1.89. The zero-order valence-electron chi connectivity index (χ0n) is 14.4. The number of carbonyl (C=O) groups is 2. The number of amides is 1. The summed E-state index contributed by atoms with van der Waals surface area (Å²) in [5.74, 6) is 0.0654. The molecule has 1 aliphatic rings. The van der Waals surface area contributed by atoms with Gasteiger partial charge in [-0.2, -0.15) is 0 Å². The maximum absolute atomic E-state index is 13.0. The highest BCUT2D eigenvalue weighted by molar-refractivity contribution is 6.07. The summed E-state index contributed by atoms with van der Waals surface area (Å²) in [6.45, 7) is 3.87. The number of benzene rings is 2. The third kappa shape index (κ3) is 2.54. The van der Waals surface area contributed by atoms with Crippen LogP contribution in [0, 0.1) is 0 Å². The van der Waals surface area contributed by atoms with Crippen molar-refractivity contribution in [2.24, 2.45) is 0 Å². The second-order valence-corrected chi connectivity index (χ2v) is 6.69. The highest BCUT2D eigenvalue weighted by Gasteiger charge is 2.30. The highest BCUT2D eigenvalue weighted by atomic mass is 16.2. The SMILES string of the molecule is CC(=O)c1cn(CC(=O)N2c3ccccc3C[C@H]2C)c2ccccc12. The molecule has 0 N–H and O–H groups in total. The number of fused-ring (bicyclic) bond motifs is 2. The average Bonchev–Trinajstić information content (AvgIpc) is 3.12. The van der Waals surface area contributed by atoms with E-state index >= 15 is 0 Å². The van der Waals surface area contributed by atoms with Crippen LogP contribution in [-0.4, -0.2) is 22.3 Å². The molecule has 3 aromatic rings. The number of carbonyl (C=O) groups excluding carboxylic acids is 2. The normalized spacial score (nSPS) is 16.2. The van der Waals surface area contributed by atoms with Crippen molar-refractivity contribution in [2.75, 3.05) is 4.90 Å². The standard InChI is InChI=1S/C21H20N2O2/c1-14-11-16-7-3-5-9-19(16)23(14)21(25)13-22-12-18(15(2)24)17-8-4-6-10-20(17)22/h3-10,12,14H,11,13H2,1-2H3/t14-/m1/s1. The fourth-order valence-corrected chi connectivity index (χ4v) is 3.83. The number of hydrogen-bond acceptors (Lipinski definition) is 2. The van der Waals surface area contributed by atoms with E-state index in [0.29, 0.717) is 5.56 Å². The number of aromatic nitrogens is 1. The van der Waals surface area contributed by atoms with E-state index in [1.54, 1.807) is 13.1 Å². The van der Waals surface area contributed by atoms with Gasteiger partial charge in [-0.3, -0.25) is 9.59 Å². The minimum Gasteiger partial charge on any atom is -0.337 e. The van der Waals surface area contributed by atoms with E-state index in [9.17, 15) is 9.59 Å². The van der Waals surface area contributed by atoms with Gasteiger partial charge < -0.3 is 9.47 Å². The van der Waals surface area contributed by atoms with Gasteiger partial charge in [-0.1, -0.05) is 36.4 Å². The predicted molar refractivity (Wildman–Crippen MR) is 99.0 cm³/mol. The molecule has 0 bridgehead atoms. The van der Waals surface area contributed by atoms with E-state index in [1.165, 1.54) is 5.56 Å². The first kappa shape index (κ1) is 15.6. The summed E-state index contributed by atoms with van der Waals surface area (Å²) in [5.41, 5.74) is 3.80. The van der Waals surface area contributed by atoms with Crippen molar-refractivity contribution < 1.29 is 9.59 Å². The molecule has 2 heterocycles. The fourth-order valence-electron chi connectivity index (χ4n) is 3.83. The van der Waals surface area contributed by atoms with Crippen molar-refractivity contribution >= 4 is 28.3 Å². The van der Waals surface area contributed by atoms with Crippen LogP contribution in [-0.2, 0) is 17.8 Å². The van der Waals surface area contributed by atoms with Crippen molar-refractivity contribution in [1.82, 2.24) is 4.57 Å². The van der Waals surface area contributed by atoms with E-state index in [4.69, 9.17) is 0 Å². The Bertz CT molecular complexity index is 986. The van der Waals surface area contributed by atoms with E-state index in [0.717, 1.165) is 23.0 Å². The van der Waals surface area contributed by atoms with Gasteiger partial charge in [-0.15, -0.1) is 0 Å². The van der Waals surface area contributed by atoms with E-state index in [1.807, 2.05) is 51.9 Å². The quantitative estimate of drug-likeness (QED) is 0.684. The highest BCUT2D eigenvalue weighted by Crippen LogP contribution is 2.32. The second-order valence-electron chi connectivity index (χ2n) is 6.69. The van der Waals surface area contributed by atoms with Crippen molar-refractivity contribution in [3.05, 3.63) is 65.9 Å². The predicted octanol–water partition coefficient (Wildman–Crippen LogP) is 3.82. The van der Waals surface area contributed by atoms with Crippen molar-refractivity contribution in [2.45, 2.75) is 32.9 Å². The Kier molecular flexibility index (Phi) is 3.68. The zero-order chi connectivity index (χ0) is 17.6. The number of Topliss-reactive ketones (excluding diaryl/α,β-unsaturated/α-hetero) is 1. The molecule has 0 aliphatic carbocycles. The maximum atomic E-state index is 13.0. The van der Waals surface area contributed by atoms with E-state index in [2.05, 4.69) is 13.0 Å². The molecule has 1 aromatic heterocycles. The van der Waals surface area contributed by atoms with Gasteiger partial charge in [0.1, 0.15) is 6.54 Å². The largest absolute Gasteiger partial charge is 0.337 e.